The van der Waals surface area contributed by atoms with Crippen LogP contribution in [0.25, 0.3) is 0 Å². The molecule has 15 aliphatic rings. The van der Waals surface area contributed by atoms with Crippen LogP contribution in [-0.4, -0.2) is 97.6 Å². The molecule has 2 N–H and O–H groups in total. The number of carbonyl (C=O) groups is 7. The summed E-state index contributed by atoms with van der Waals surface area (Å²) in [6.45, 7) is 47.9. The Kier molecular flexibility index (Phi) is 33.1. The molecule has 0 aromatic carbocycles. The van der Waals surface area contributed by atoms with Gasteiger partial charge in [0.25, 0.3) is 0 Å². The monoisotopic (exact) mass is 1720 g/mol. The lowest BCUT2D eigenvalue weighted by molar-refractivity contribution is -0.177. The molecule has 700 valence electrons. The SMILES string of the molecule is C=CC1(OC(=O)C(C)(C)CC)CC2CCC1C2.C=CC1(OC(=O)C(C)(C)CC)CC2CCCC2C1.CC/C=C/C1(OC(=O)C(C)(C)CC)CC2CCC1C2.CCC(C)(C)C(=O)OC1(C2=C(C)CCC2)CC2CCCC2C1O.CCC(C)(C)C(=O)OC1(C2=CCCCC2)CC2(O)CCC1C2.CCC(C)(C)C(=O)OC1(C=C2CCCC2)CC2CC(CC=O)CC2C1. The number of hydrogen-bond acceptors (Lipinski definition) is 15. The maximum absolute atomic E-state index is 12.8. The molecule has 0 heterocycles. The van der Waals surface area contributed by atoms with E-state index in [0.717, 1.165) is 190 Å². The minimum Gasteiger partial charge on any atom is -0.454 e. The Hall–Kier alpha value is -5.15. The average Bonchev–Trinajstić information content (AvgIpc) is 1.54. The molecule has 0 radical (unpaired) electrons. The Morgan fingerprint density at radius 3 is 1.32 bits per heavy atom. The molecule has 17 unspecified atom stereocenters. The van der Waals surface area contributed by atoms with Gasteiger partial charge in [-0.25, -0.2) is 0 Å². The molecule has 0 aliphatic heterocycles. The van der Waals surface area contributed by atoms with Crippen LogP contribution in [0.1, 0.15) is 421 Å². The first-order chi connectivity index (χ1) is 58.3. The van der Waals surface area contributed by atoms with Crippen LogP contribution < -0.4 is 0 Å². The molecule has 0 aromatic heterocycles. The Bertz CT molecular complexity index is 3820. The van der Waals surface area contributed by atoms with Gasteiger partial charge in [0.1, 0.15) is 40.4 Å². The van der Waals surface area contributed by atoms with Crippen LogP contribution in [0.5, 0.6) is 0 Å². The van der Waals surface area contributed by atoms with Crippen LogP contribution in [-0.2, 0) is 62.0 Å². The first kappa shape index (κ1) is 101. The molecule has 13 saturated carbocycles. The molecule has 15 aliphatic carbocycles. The minimum atomic E-state index is -0.736. The smallest absolute Gasteiger partial charge is 0.312 e. The highest BCUT2D eigenvalue weighted by atomic mass is 16.6. The van der Waals surface area contributed by atoms with E-state index < -0.39 is 39.2 Å². The lowest BCUT2D eigenvalue weighted by Gasteiger charge is -2.43. The maximum Gasteiger partial charge on any atom is 0.312 e. The summed E-state index contributed by atoms with van der Waals surface area (Å²) in [7, 11) is 0. The number of aliphatic hydroxyl groups is 2. The van der Waals surface area contributed by atoms with Gasteiger partial charge >= 0.3 is 35.8 Å². The molecule has 17 atom stereocenters. The molecular weight excluding hydrogens is 1550 g/mol. The molecule has 15 heteroatoms. The zero-order chi connectivity index (χ0) is 91.1. The number of aliphatic hydroxyl groups excluding tert-OH is 1. The van der Waals surface area contributed by atoms with Crippen molar-refractivity contribution in [3.05, 3.63) is 71.9 Å². The topological polar surface area (TPSA) is 215 Å². The van der Waals surface area contributed by atoms with Gasteiger partial charge in [0.2, 0.25) is 0 Å². The van der Waals surface area contributed by atoms with Crippen molar-refractivity contribution in [1.29, 1.82) is 0 Å². The van der Waals surface area contributed by atoms with Crippen molar-refractivity contribution in [3.63, 3.8) is 0 Å². The average molecular weight is 1720 g/mol. The number of rotatable bonds is 27. The van der Waals surface area contributed by atoms with Gasteiger partial charge in [0.05, 0.1) is 38.1 Å². The van der Waals surface area contributed by atoms with E-state index in [4.69, 9.17) is 28.4 Å². The fourth-order valence-corrected chi connectivity index (χ4v) is 24.7. The van der Waals surface area contributed by atoms with Crippen molar-refractivity contribution in [1.82, 2.24) is 0 Å². The third kappa shape index (κ3) is 22.4. The molecule has 0 saturated heterocycles. The molecule has 15 nitrogen and oxygen atoms in total. The summed E-state index contributed by atoms with van der Waals surface area (Å²) >= 11 is 0. The van der Waals surface area contributed by atoms with E-state index in [9.17, 15) is 43.8 Å². The number of hydrogen-bond donors (Lipinski definition) is 2. The van der Waals surface area contributed by atoms with Gasteiger partial charge in [-0.05, 0) is 423 Å². The second-order valence-electron chi connectivity index (χ2n) is 46.4. The summed E-state index contributed by atoms with van der Waals surface area (Å²) in [6.07, 6.45) is 59.5. The summed E-state index contributed by atoms with van der Waals surface area (Å²) in [5, 5.41) is 21.9. The predicted octanol–water partition coefficient (Wildman–Crippen LogP) is 26.1. The first-order valence-corrected chi connectivity index (χ1v) is 50.6. The van der Waals surface area contributed by atoms with Gasteiger partial charge in [-0.2, -0.15) is 0 Å². The van der Waals surface area contributed by atoms with Crippen molar-refractivity contribution in [2.75, 3.05) is 0 Å². The third-order valence-corrected chi connectivity index (χ3v) is 35.5. The highest BCUT2D eigenvalue weighted by Gasteiger charge is 2.64. The number of esters is 6. The lowest BCUT2D eigenvalue weighted by atomic mass is 9.73. The summed E-state index contributed by atoms with van der Waals surface area (Å²) in [5.74, 6) is 6.54. The standard InChI is InChI=1S/C22H34O3.C20H32O3.C19H30O3.C17H28O2.C16H26O2.C15H24O2/c1-4-21(2,3)20(24)25-22(13-16-7-5-6-8-16)14-18-11-17(9-10-23)12-19(18)15-22;1-5-19(3,4)18(22)23-20(16-11-6-8-13(16)2)12-14-9-7-10-15(14)17(20)21;1-4-17(2,3)16(20)22-19(14-8-6-5-7-9-14)13-18(21)11-10-15(19)12-18;1-5-7-10-17(12-13-8-9-14(17)11-13)19-15(18)16(3,4)6-2;1-5-15(3,4)14(17)18-16(6-2)10-12-8-7-9-13(12)11-16;1-5-14(3,4)13(16)17-15(6-2)10-11-7-8-12(15)9-11/h10,13,17-19H,4-9,11-12,14-15H2,1-3H3;14-15,17,21H,5-12H2,1-4H3;8,15,21H,4-7,9-13H2,1-3H3;7,10,13-14H,5-6,8-9,11-12H2,1-4H3;6,12-13H,2,5,7-11H2,1,3-4H3;6,11-12H,2,5,7-10H2,1,3-4H3/b;;;10-7+;;. The van der Waals surface area contributed by atoms with E-state index in [1.807, 2.05) is 123 Å². The zero-order valence-corrected chi connectivity index (χ0v) is 81.8. The van der Waals surface area contributed by atoms with Crippen molar-refractivity contribution in [2.45, 2.75) is 466 Å². The highest BCUT2D eigenvalue weighted by molar-refractivity contribution is 5.79. The van der Waals surface area contributed by atoms with Crippen molar-refractivity contribution in [2.24, 2.45) is 104 Å². The first-order valence-electron chi connectivity index (χ1n) is 50.6. The van der Waals surface area contributed by atoms with Crippen molar-refractivity contribution < 1.29 is 72.2 Å². The molecule has 124 heavy (non-hydrogen) atoms. The van der Waals surface area contributed by atoms with E-state index in [-0.39, 0.29) is 74.5 Å². The molecule has 0 amide bonds. The van der Waals surface area contributed by atoms with Gasteiger partial charge in [-0.15, -0.1) is 0 Å². The quantitative estimate of drug-likeness (QED) is 0.0338. The number of carbonyl (C=O) groups excluding carboxylic acids is 7. The Balaban J connectivity index is 0.000000156. The second kappa shape index (κ2) is 40.7. The van der Waals surface area contributed by atoms with Gasteiger partial charge in [0, 0.05) is 30.6 Å². The molecular formula is C109H174O15. The fourth-order valence-electron chi connectivity index (χ4n) is 24.7. The number of fused-ring (bicyclic) bond motifs is 9. The van der Waals surface area contributed by atoms with E-state index in [1.165, 1.54) is 131 Å². The number of aldehydes is 1. The van der Waals surface area contributed by atoms with Crippen LogP contribution in [0.15, 0.2) is 71.9 Å². The molecule has 15 rings (SSSR count). The van der Waals surface area contributed by atoms with E-state index in [2.05, 4.69) is 65.2 Å². The Morgan fingerprint density at radius 2 is 0.911 bits per heavy atom. The van der Waals surface area contributed by atoms with E-state index in [0.29, 0.717) is 60.2 Å². The van der Waals surface area contributed by atoms with Gasteiger partial charge in [0.15, 0.2) is 5.60 Å². The van der Waals surface area contributed by atoms with E-state index in [1.54, 1.807) is 0 Å². The van der Waals surface area contributed by atoms with Crippen LogP contribution in [0.4, 0.5) is 0 Å². The highest BCUT2D eigenvalue weighted by Crippen LogP contribution is 2.62. The van der Waals surface area contributed by atoms with Crippen molar-refractivity contribution in [3.8, 4) is 0 Å². The second-order valence-corrected chi connectivity index (χ2v) is 46.4. The van der Waals surface area contributed by atoms with Crippen LogP contribution in [0.2, 0.25) is 0 Å². The normalized spacial score (nSPS) is 36.0. The van der Waals surface area contributed by atoms with E-state index >= 15 is 0 Å². The third-order valence-electron chi connectivity index (χ3n) is 35.5. The molecule has 6 bridgehead atoms. The zero-order valence-electron chi connectivity index (χ0n) is 81.8. The molecule has 13 fully saturated rings. The largest absolute Gasteiger partial charge is 0.454 e. The Labute approximate surface area is 751 Å². The summed E-state index contributed by atoms with van der Waals surface area (Å²) in [5.41, 5.74) is -0.393. The predicted molar refractivity (Wildman–Crippen MR) is 496 cm³/mol. The minimum absolute atomic E-state index is 0.0247. The summed E-state index contributed by atoms with van der Waals surface area (Å²) < 4.78 is 36.5. The molecule has 0 aromatic rings. The number of allylic oxidation sites excluding steroid dienone is 4. The van der Waals surface area contributed by atoms with Crippen molar-refractivity contribution >= 4 is 42.1 Å². The fraction of sp³-hybridized carbons (Fsp3) is 0.826. The Morgan fingerprint density at radius 1 is 0.452 bits per heavy atom. The van der Waals surface area contributed by atoms with Crippen LogP contribution >= 0.6 is 0 Å². The van der Waals surface area contributed by atoms with Gasteiger partial charge in [-0.3, -0.25) is 28.8 Å². The maximum atomic E-state index is 12.8. The van der Waals surface area contributed by atoms with Crippen LogP contribution in [0, 0.1) is 104 Å². The summed E-state index contributed by atoms with van der Waals surface area (Å²) in [4.78, 5) is 86.2. The van der Waals surface area contributed by atoms with Gasteiger partial charge in [-0.1, -0.05) is 111 Å². The number of ether oxygens (including phenoxy) is 6. The lowest BCUT2D eigenvalue weighted by Crippen LogP contribution is -2.48. The summed E-state index contributed by atoms with van der Waals surface area (Å²) in [6, 6.07) is 0. The molecule has 0 spiro atoms. The van der Waals surface area contributed by atoms with Gasteiger partial charge < -0.3 is 43.4 Å². The van der Waals surface area contributed by atoms with Crippen LogP contribution in [0.3, 0.4) is 0 Å².